The molecule has 0 heterocycles. The highest BCUT2D eigenvalue weighted by Gasteiger charge is 2.20. The SMILES string of the molecule is CC(=O)OC(CC(=O)[O-])C[N+](C)(C)C.NCCS(=O)(=O)O. The first-order chi connectivity index (χ1) is 9.26. The highest BCUT2D eigenvalue weighted by Crippen LogP contribution is 2.04. The molecule has 1 unspecified atom stereocenters. The highest BCUT2D eigenvalue weighted by atomic mass is 32.2. The minimum Gasteiger partial charge on any atom is -0.550 e. The lowest BCUT2D eigenvalue weighted by Gasteiger charge is -2.28. The maximum Gasteiger partial charge on any atom is 0.303 e. The second kappa shape index (κ2) is 9.66. The van der Waals surface area contributed by atoms with Gasteiger partial charge < -0.3 is 24.9 Å². The molecule has 21 heavy (non-hydrogen) atoms. The number of carbonyl (C=O) groups is 2. The van der Waals surface area contributed by atoms with Crippen molar-refractivity contribution < 1.29 is 36.9 Å². The van der Waals surface area contributed by atoms with E-state index in [0.29, 0.717) is 11.0 Å². The van der Waals surface area contributed by atoms with Gasteiger partial charge in [0.2, 0.25) is 0 Å². The van der Waals surface area contributed by atoms with E-state index in [1.54, 1.807) is 0 Å². The molecule has 0 spiro atoms. The Hall–Kier alpha value is -1.23. The molecule has 0 aromatic heterocycles. The van der Waals surface area contributed by atoms with Gasteiger partial charge in [-0.3, -0.25) is 9.35 Å². The van der Waals surface area contributed by atoms with Gasteiger partial charge in [0.25, 0.3) is 10.1 Å². The van der Waals surface area contributed by atoms with Crippen LogP contribution in [-0.4, -0.2) is 75.5 Å². The molecule has 9 nitrogen and oxygen atoms in total. The third kappa shape index (κ3) is 21.2. The summed E-state index contributed by atoms with van der Waals surface area (Å²) in [7, 11) is 1.88. The average molecular weight is 328 g/mol. The Morgan fingerprint density at radius 3 is 2.00 bits per heavy atom. The second-order valence-corrected chi connectivity index (χ2v) is 6.93. The summed E-state index contributed by atoms with van der Waals surface area (Å²) in [6.45, 7) is 1.68. The minimum absolute atomic E-state index is 0.0289. The number of nitrogens with two attached hydrogens (primary N) is 1. The summed E-state index contributed by atoms with van der Waals surface area (Å²) in [5.41, 5.74) is 4.78. The summed E-state index contributed by atoms with van der Waals surface area (Å²) in [5.74, 6) is -2.03. The summed E-state index contributed by atoms with van der Waals surface area (Å²) in [5, 5.41) is 10.4. The number of carbonyl (C=O) groups excluding carboxylic acids is 2. The molecule has 126 valence electrons. The topological polar surface area (TPSA) is 147 Å². The number of aliphatic carboxylic acids is 1. The summed E-state index contributed by atoms with van der Waals surface area (Å²) >= 11 is 0. The molecular formula is C11H24N2O7S. The van der Waals surface area contributed by atoms with Gasteiger partial charge in [-0.05, 0) is 0 Å². The Balaban J connectivity index is 0. The fourth-order valence-electron chi connectivity index (χ4n) is 1.32. The van der Waals surface area contributed by atoms with E-state index in [9.17, 15) is 23.1 Å². The van der Waals surface area contributed by atoms with Crippen LogP contribution in [0.1, 0.15) is 13.3 Å². The first kappa shape index (κ1) is 22.1. The van der Waals surface area contributed by atoms with Crippen LogP contribution >= 0.6 is 0 Å². The van der Waals surface area contributed by atoms with Crippen molar-refractivity contribution in [2.45, 2.75) is 19.4 Å². The van der Waals surface area contributed by atoms with Gasteiger partial charge in [0.15, 0.2) is 6.10 Å². The van der Waals surface area contributed by atoms with E-state index in [2.05, 4.69) is 0 Å². The zero-order valence-corrected chi connectivity index (χ0v) is 13.6. The number of carboxylic acid groups (broad SMARTS) is 1. The van der Waals surface area contributed by atoms with E-state index in [1.165, 1.54) is 6.92 Å². The van der Waals surface area contributed by atoms with Crippen molar-refractivity contribution in [2.75, 3.05) is 40.0 Å². The van der Waals surface area contributed by atoms with E-state index in [4.69, 9.17) is 15.0 Å². The zero-order valence-electron chi connectivity index (χ0n) is 12.7. The maximum absolute atomic E-state index is 10.7. The fraction of sp³-hybridized carbons (Fsp3) is 0.818. The quantitative estimate of drug-likeness (QED) is 0.298. The lowest BCUT2D eigenvalue weighted by atomic mass is 10.2. The number of hydrogen-bond acceptors (Lipinski definition) is 7. The van der Waals surface area contributed by atoms with Gasteiger partial charge >= 0.3 is 5.97 Å². The molecule has 0 radical (unpaired) electrons. The van der Waals surface area contributed by atoms with Gasteiger partial charge in [0, 0.05) is 25.9 Å². The van der Waals surface area contributed by atoms with Crippen LogP contribution in [0.25, 0.3) is 0 Å². The lowest BCUT2D eigenvalue weighted by molar-refractivity contribution is -0.873. The summed E-state index contributed by atoms with van der Waals surface area (Å²) < 4.78 is 32.7. The molecule has 0 bridgehead atoms. The van der Waals surface area contributed by atoms with Gasteiger partial charge in [-0.25, -0.2) is 0 Å². The van der Waals surface area contributed by atoms with Crippen LogP contribution in [0.15, 0.2) is 0 Å². The summed E-state index contributed by atoms with van der Waals surface area (Å²) in [6, 6.07) is 0. The third-order valence-corrected chi connectivity index (χ3v) is 2.61. The smallest absolute Gasteiger partial charge is 0.303 e. The minimum atomic E-state index is -3.80. The molecule has 0 aliphatic heterocycles. The molecular weight excluding hydrogens is 304 g/mol. The first-order valence-electron chi connectivity index (χ1n) is 6.09. The fourth-order valence-corrected chi connectivity index (χ4v) is 1.62. The summed E-state index contributed by atoms with van der Waals surface area (Å²) in [4.78, 5) is 21.0. The zero-order chi connectivity index (χ0) is 17.3. The number of likely N-dealkylation sites (N-methyl/N-ethyl adjacent to an activating group) is 1. The normalized spacial score (nSPS) is 12.9. The van der Waals surface area contributed by atoms with Crippen molar-refractivity contribution >= 4 is 22.1 Å². The predicted molar refractivity (Wildman–Crippen MR) is 73.5 cm³/mol. The number of carboxylic acids is 1. The Kier molecular flexibility index (Phi) is 10.1. The lowest BCUT2D eigenvalue weighted by Crippen LogP contribution is -2.45. The molecule has 0 aromatic carbocycles. The van der Waals surface area contributed by atoms with E-state index in [1.807, 2.05) is 21.1 Å². The van der Waals surface area contributed by atoms with Crippen molar-refractivity contribution in [3.63, 3.8) is 0 Å². The average Bonchev–Trinajstić information content (AvgIpc) is 2.10. The van der Waals surface area contributed by atoms with Crippen molar-refractivity contribution in [1.82, 2.24) is 0 Å². The van der Waals surface area contributed by atoms with E-state index < -0.39 is 28.2 Å². The molecule has 0 aliphatic carbocycles. The monoisotopic (exact) mass is 328 g/mol. The standard InChI is InChI=1S/C9H17NO4.C2H7NO3S/c1-7(11)14-8(5-9(12)13)6-10(2,3)4;3-1-2-7(4,5)6/h8H,5-6H2,1-4H3;1-3H2,(H,4,5,6). The van der Waals surface area contributed by atoms with E-state index in [0.717, 1.165) is 0 Å². The molecule has 3 N–H and O–H groups in total. The Bertz CT molecular complexity index is 412. The van der Waals surface area contributed by atoms with Crippen LogP contribution in [0.2, 0.25) is 0 Å². The molecule has 0 saturated heterocycles. The second-order valence-electron chi connectivity index (χ2n) is 5.36. The highest BCUT2D eigenvalue weighted by molar-refractivity contribution is 7.85. The summed E-state index contributed by atoms with van der Waals surface area (Å²) in [6.07, 6.45) is -0.868. The number of ether oxygens (including phenoxy) is 1. The molecule has 0 aromatic rings. The van der Waals surface area contributed by atoms with Crippen molar-refractivity contribution in [3.8, 4) is 0 Å². The van der Waals surface area contributed by atoms with Crippen molar-refractivity contribution in [3.05, 3.63) is 0 Å². The van der Waals surface area contributed by atoms with Crippen LogP contribution in [0.5, 0.6) is 0 Å². The largest absolute Gasteiger partial charge is 0.550 e. The van der Waals surface area contributed by atoms with Crippen LogP contribution in [0.3, 0.4) is 0 Å². The Morgan fingerprint density at radius 1 is 1.33 bits per heavy atom. The van der Waals surface area contributed by atoms with Crippen LogP contribution in [-0.2, 0) is 24.4 Å². The molecule has 0 rings (SSSR count). The molecule has 1 atom stereocenters. The Labute approximate surface area is 125 Å². The van der Waals surface area contributed by atoms with Gasteiger partial charge in [-0.2, -0.15) is 8.42 Å². The molecule has 0 fully saturated rings. The Morgan fingerprint density at radius 2 is 1.81 bits per heavy atom. The predicted octanol–water partition coefficient (Wildman–Crippen LogP) is -2.40. The van der Waals surface area contributed by atoms with Crippen LogP contribution < -0.4 is 10.8 Å². The van der Waals surface area contributed by atoms with Crippen LogP contribution in [0, 0.1) is 0 Å². The molecule has 0 saturated carbocycles. The van der Waals surface area contributed by atoms with Crippen molar-refractivity contribution in [2.24, 2.45) is 5.73 Å². The van der Waals surface area contributed by atoms with Gasteiger partial charge in [0.1, 0.15) is 6.54 Å². The van der Waals surface area contributed by atoms with Crippen molar-refractivity contribution in [1.29, 1.82) is 0 Å². The maximum atomic E-state index is 10.7. The number of hydrogen-bond donors (Lipinski definition) is 2. The number of quaternary nitrogens is 1. The van der Waals surface area contributed by atoms with E-state index in [-0.39, 0.29) is 18.7 Å². The van der Waals surface area contributed by atoms with Gasteiger partial charge in [-0.1, -0.05) is 0 Å². The third-order valence-electron chi connectivity index (χ3n) is 1.85. The number of nitrogens with zero attached hydrogens (tertiary/aromatic N) is 1. The number of esters is 1. The molecule has 10 heteroatoms. The number of rotatable bonds is 7. The van der Waals surface area contributed by atoms with E-state index >= 15 is 0 Å². The van der Waals surface area contributed by atoms with Gasteiger partial charge in [-0.15, -0.1) is 0 Å². The van der Waals surface area contributed by atoms with Crippen LogP contribution in [0.4, 0.5) is 0 Å². The van der Waals surface area contributed by atoms with Gasteiger partial charge in [0.05, 0.1) is 26.9 Å². The molecule has 0 amide bonds. The first-order valence-corrected chi connectivity index (χ1v) is 7.70. The molecule has 0 aliphatic rings.